The molecule has 6 nitrogen and oxygen atoms in total. The van der Waals surface area contributed by atoms with Crippen molar-refractivity contribution in [2.45, 2.75) is 37.5 Å². The van der Waals surface area contributed by atoms with Gasteiger partial charge in [0, 0.05) is 31.7 Å². The van der Waals surface area contributed by atoms with Crippen LogP contribution in [0.3, 0.4) is 0 Å². The maximum atomic E-state index is 6.33. The summed E-state index contributed by atoms with van der Waals surface area (Å²) in [5.41, 5.74) is 7.54. The van der Waals surface area contributed by atoms with Gasteiger partial charge in [0.15, 0.2) is 11.0 Å². The predicted molar refractivity (Wildman–Crippen MR) is 100 cm³/mol. The SMILES string of the molecule is Cc1nccn1CCCSc1nnc([C@@H](N)Cc2ccccc2)n1C. The fourth-order valence-corrected chi connectivity index (χ4v) is 3.61. The maximum absolute atomic E-state index is 6.33. The molecular weight excluding hydrogens is 332 g/mol. The van der Waals surface area contributed by atoms with Crippen molar-refractivity contribution in [1.29, 1.82) is 0 Å². The number of aryl methyl sites for hydroxylation is 2. The van der Waals surface area contributed by atoms with Crippen LogP contribution in [-0.2, 0) is 20.0 Å². The highest BCUT2D eigenvalue weighted by Crippen LogP contribution is 2.21. The minimum absolute atomic E-state index is 0.150. The Morgan fingerprint density at radius 2 is 2.00 bits per heavy atom. The van der Waals surface area contributed by atoms with E-state index >= 15 is 0 Å². The van der Waals surface area contributed by atoms with E-state index in [-0.39, 0.29) is 6.04 Å². The Morgan fingerprint density at radius 3 is 2.72 bits per heavy atom. The van der Waals surface area contributed by atoms with Gasteiger partial charge in [-0.25, -0.2) is 4.98 Å². The number of hydrogen-bond acceptors (Lipinski definition) is 5. The Bertz CT molecular complexity index is 795. The van der Waals surface area contributed by atoms with Gasteiger partial charge in [0.2, 0.25) is 0 Å². The molecular formula is C18H24N6S. The summed E-state index contributed by atoms with van der Waals surface area (Å²) in [6.45, 7) is 2.99. The lowest BCUT2D eigenvalue weighted by Crippen LogP contribution is -2.18. The molecule has 3 rings (SSSR count). The summed E-state index contributed by atoms with van der Waals surface area (Å²) in [6.07, 6.45) is 5.67. The largest absolute Gasteiger partial charge is 0.335 e. The molecule has 2 N–H and O–H groups in total. The van der Waals surface area contributed by atoms with Gasteiger partial charge in [0.25, 0.3) is 0 Å². The third-order valence-corrected chi connectivity index (χ3v) is 5.30. The summed E-state index contributed by atoms with van der Waals surface area (Å²) in [7, 11) is 1.99. The van der Waals surface area contributed by atoms with Crippen LogP contribution in [0.2, 0.25) is 0 Å². The number of nitrogens with two attached hydrogens (primary N) is 1. The third kappa shape index (κ3) is 4.49. The number of imidazole rings is 1. The lowest BCUT2D eigenvalue weighted by molar-refractivity contribution is 0.615. The zero-order valence-electron chi connectivity index (χ0n) is 14.7. The van der Waals surface area contributed by atoms with Gasteiger partial charge < -0.3 is 14.9 Å². The molecule has 0 aliphatic rings. The maximum Gasteiger partial charge on any atom is 0.190 e. The highest BCUT2D eigenvalue weighted by Gasteiger charge is 2.16. The molecule has 0 aliphatic carbocycles. The summed E-state index contributed by atoms with van der Waals surface area (Å²) in [4.78, 5) is 4.24. The van der Waals surface area contributed by atoms with E-state index in [2.05, 4.69) is 31.9 Å². The Balaban J connectivity index is 1.53. The van der Waals surface area contributed by atoms with E-state index in [1.807, 2.05) is 49.1 Å². The first kappa shape index (κ1) is 17.7. The number of hydrogen-bond donors (Lipinski definition) is 1. The molecule has 0 amide bonds. The molecule has 0 bridgehead atoms. The van der Waals surface area contributed by atoms with E-state index < -0.39 is 0 Å². The Morgan fingerprint density at radius 1 is 1.20 bits per heavy atom. The topological polar surface area (TPSA) is 74.6 Å². The minimum atomic E-state index is -0.150. The van der Waals surface area contributed by atoms with Crippen LogP contribution in [0.15, 0.2) is 47.9 Å². The molecule has 2 aromatic heterocycles. The van der Waals surface area contributed by atoms with Crippen molar-refractivity contribution in [3.05, 3.63) is 59.9 Å². The molecule has 7 heteroatoms. The van der Waals surface area contributed by atoms with E-state index in [1.54, 1.807) is 11.8 Å². The monoisotopic (exact) mass is 356 g/mol. The van der Waals surface area contributed by atoms with Crippen molar-refractivity contribution in [3.8, 4) is 0 Å². The van der Waals surface area contributed by atoms with Crippen LogP contribution in [0.25, 0.3) is 0 Å². The van der Waals surface area contributed by atoms with Gasteiger partial charge in [0.1, 0.15) is 5.82 Å². The van der Waals surface area contributed by atoms with E-state index in [1.165, 1.54) is 5.56 Å². The number of thioether (sulfide) groups is 1. The summed E-state index contributed by atoms with van der Waals surface area (Å²) in [5, 5.41) is 9.53. The molecule has 0 fully saturated rings. The number of rotatable bonds is 8. The average Bonchev–Trinajstić information content (AvgIpc) is 3.18. The normalized spacial score (nSPS) is 12.4. The molecule has 25 heavy (non-hydrogen) atoms. The average molecular weight is 356 g/mol. The first-order valence-electron chi connectivity index (χ1n) is 8.44. The first-order valence-corrected chi connectivity index (χ1v) is 9.43. The lowest BCUT2D eigenvalue weighted by Gasteiger charge is -2.11. The molecule has 0 saturated heterocycles. The van der Waals surface area contributed by atoms with E-state index in [4.69, 9.17) is 5.73 Å². The fraction of sp³-hybridized carbons (Fsp3) is 0.389. The number of aromatic nitrogens is 5. The predicted octanol–water partition coefficient (Wildman–Crippen LogP) is 2.74. The summed E-state index contributed by atoms with van der Waals surface area (Å²) >= 11 is 1.72. The molecule has 1 atom stereocenters. The summed E-state index contributed by atoms with van der Waals surface area (Å²) in [6, 6.07) is 10.1. The highest BCUT2D eigenvalue weighted by atomic mass is 32.2. The van der Waals surface area contributed by atoms with Gasteiger partial charge in [0.05, 0.1) is 6.04 Å². The van der Waals surface area contributed by atoms with Crippen LogP contribution in [0.1, 0.15) is 29.7 Å². The van der Waals surface area contributed by atoms with Crippen molar-refractivity contribution in [2.75, 3.05) is 5.75 Å². The molecule has 0 saturated carbocycles. The van der Waals surface area contributed by atoms with E-state index in [9.17, 15) is 0 Å². The molecule has 1 aromatic carbocycles. The molecule has 132 valence electrons. The Hall–Kier alpha value is -2.12. The minimum Gasteiger partial charge on any atom is -0.335 e. The standard InChI is InChI=1S/C18H24N6S/c1-14-20-9-11-24(14)10-6-12-25-18-22-21-17(23(18)2)16(19)13-15-7-4-3-5-8-15/h3-5,7-9,11,16H,6,10,12-13,19H2,1-2H3/t16-/m0/s1. The fourth-order valence-electron chi connectivity index (χ4n) is 2.77. The molecule has 0 aliphatic heterocycles. The van der Waals surface area contributed by atoms with Gasteiger partial charge in [-0.05, 0) is 25.3 Å². The third-order valence-electron chi connectivity index (χ3n) is 4.20. The molecule has 0 radical (unpaired) electrons. The van der Waals surface area contributed by atoms with Gasteiger partial charge in [-0.2, -0.15) is 0 Å². The second kappa shape index (κ2) is 8.31. The van der Waals surface area contributed by atoms with Gasteiger partial charge in [-0.15, -0.1) is 10.2 Å². The number of nitrogens with zero attached hydrogens (tertiary/aromatic N) is 5. The molecule has 3 aromatic rings. The van der Waals surface area contributed by atoms with Gasteiger partial charge >= 0.3 is 0 Å². The van der Waals surface area contributed by atoms with Crippen molar-refractivity contribution in [1.82, 2.24) is 24.3 Å². The first-order chi connectivity index (χ1) is 12.1. The quantitative estimate of drug-likeness (QED) is 0.496. The van der Waals surface area contributed by atoms with Crippen molar-refractivity contribution in [3.63, 3.8) is 0 Å². The van der Waals surface area contributed by atoms with Crippen LogP contribution < -0.4 is 5.73 Å². The Kier molecular flexibility index (Phi) is 5.88. The molecule has 2 heterocycles. The zero-order valence-corrected chi connectivity index (χ0v) is 15.5. The lowest BCUT2D eigenvalue weighted by atomic mass is 10.1. The van der Waals surface area contributed by atoms with E-state index in [0.717, 1.165) is 41.9 Å². The van der Waals surface area contributed by atoms with Crippen LogP contribution in [-0.4, -0.2) is 30.1 Å². The van der Waals surface area contributed by atoms with Crippen molar-refractivity contribution < 1.29 is 0 Å². The summed E-state index contributed by atoms with van der Waals surface area (Å²) in [5.74, 6) is 2.87. The van der Waals surface area contributed by atoms with E-state index in [0.29, 0.717) is 0 Å². The summed E-state index contributed by atoms with van der Waals surface area (Å²) < 4.78 is 4.18. The van der Waals surface area contributed by atoms with Gasteiger partial charge in [-0.3, -0.25) is 0 Å². The second-order valence-corrected chi connectivity index (χ2v) is 7.13. The smallest absolute Gasteiger partial charge is 0.190 e. The molecule has 0 spiro atoms. The van der Waals surface area contributed by atoms with Crippen LogP contribution in [0.5, 0.6) is 0 Å². The molecule has 0 unspecified atom stereocenters. The zero-order chi connectivity index (χ0) is 17.6. The number of benzene rings is 1. The second-order valence-electron chi connectivity index (χ2n) is 6.07. The van der Waals surface area contributed by atoms with Crippen LogP contribution in [0.4, 0.5) is 0 Å². The van der Waals surface area contributed by atoms with Crippen LogP contribution in [0, 0.1) is 6.92 Å². The highest BCUT2D eigenvalue weighted by molar-refractivity contribution is 7.99. The van der Waals surface area contributed by atoms with Crippen molar-refractivity contribution in [2.24, 2.45) is 12.8 Å². The van der Waals surface area contributed by atoms with Crippen LogP contribution >= 0.6 is 11.8 Å². The van der Waals surface area contributed by atoms with Crippen molar-refractivity contribution >= 4 is 11.8 Å². The Labute approximate surface area is 152 Å². The van der Waals surface area contributed by atoms with Gasteiger partial charge in [-0.1, -0.05) is 42.1 Å².